The largest absolute Gasteiger partial charge is 0.379 e. The number of hydrogen-bond acceptors (Lipinski definition) is 8. The lowest BCUT2D eigenvalue weighted by atomic mass is 10.1. The third-order valence-electron chi connectivity index (χ3n) is 4.02. The molecule has 0 aliphatic carbocycles. The first-order valence-electron chi connectivity index (χ1n) is 9.55. The van der Waals surface area contributed by atoms with Gasteiger partial charge in [0, 0.05) is 6.61 Å². The molecule has 2 aromatic carbocycles. The smallest absolute Gasteiger partial charge is 0.373 e. The quantitative estimate of drug-likeness (QED) is 0.224. The van der Waals surface area contributed by atoms with Crippen LogP contribution in [-0.4, -0.2) is 44.7 Å². The summed E-state index contributed by atoms with van der Waals surface area (Å²) in [6.07, 6.45) is -1.28. The van der Waals surface area contributed by atoms with Crippen molar-refractivity contribution in [1.29, 1.82) is 0 Å². The van der Waals surface area contributed by atoms with Crippen LogP contribution in [0.2, 0.25) is 0 Å². The summed E-state index contributed by atoms with van der Waals surface area (Å²) >= 11 is 0. The van der Waals surface area contributed by atoms with Crippen molar-refractivity contribution in [3.63, 3.8) is 0 Å². The molecule has 162 valence electrons. The zero-order chi connectivity index (χ0) is 21.8. The predicted molar refractivity (Wildman–Crippen MR) is 106 cm³/mol. The molecule has 0 N–H and O–H groups in total. The summed E-state index contributed by atoms with van der Waals surface area (Å²) in [6, 6.07) is 13.8. The van der Waals surface area contributed by atoms with Gasteiger partial charge in [-0.25, -0.2) is 9.59 Å². The van der Waals surface area contributed by atoms with Crippen molar-refractivity contribution in [3.05, 3.63) is 70.8 Å². The average Bonchev–Trinajstić information content (AvgIpc) is 2.75. The van der Waals surface area contributed by atoms with Gasteiger partial charge in [-0.15, -0.1) is 9.78 Å². The van der Waals surface area contributed by atoms with Gasteiger partial charge < -0.3 is 9.47 Å². The maximum atomic E-state index is 12.2. The number of rotatable bonds is 12. The molecule has 30 heavy (non-hydrogen) atoms. The lowest BCUT2D eigenvalue weighted by Crippen LogP contribution is -2.27. The Kier molecular flexibility index (Phi) is 9.96. The maximum absolute atomic E-state index is 12.2. The Hall–Kier alpha value is -2.78. The van der Waals surface area contributed by atoms with Gasteiger partial charge in [-0.1, -0.05) is 36.4 Å². The molecule has 0 aliphatic rings. The van der Waals surface area contributed by atoms with E-state index in [-0.39, 0.29) is 13.2 Å². The number of aryl methyl sites for hydroxylation is 2. The van der Waals surface area contributed by atoms with Crippen molar-refractivity contribution >= 4 is 11.9 Å². The van der Waals surface area contributed by atoms with Gasteiger partial charge >= 0.3 is 11.9 Å². The van der Waals surface area contributed by atoms with Crippen LogP contribution in [0.3, 0.4) is 0 Å². The fourth-order valence-electron chi connectivity index (χ4n) is 2.40. The Balaban J connectivity index is 1.92. The first-order valence-corrected chi connectivity index (χ1v) is 9.55. The van der Waals surface area contributed by atoms with Gasteiger partial charge in [-0.2, -0.15) is 0 Å². The first-order chi connectivity index (χ1) is 14.5. The summed E-state index contributed by atoms with van der Waals surface area (Å²) in [5.74, 6) is -1.41. The molecule has 0 radical (unpaired) electrons. The minimum Gasteiger partial charge on any atom is -0.379 e. The van der Waals surface area contributed by atoms with Crippen LogP contribution in [0.15, 0.2) is 48.5 Å². The van der Waals surface area contributed by atoms with Crippen LogP contribution < -0.4 is 0 Å². The fraction of sp³-hybridized carbons (Fsp3) is 0.364. The molecule has 0 heterocycles. The zero-order valence-electron chi connectivity index (χ0n) is 17.3. The molecule has 0 fully saturated rings. The van der Waals surface area contributed by atoms with Crippen LogP contribution in [0, 0.1) is 13.8 Å². The third kappa shape index (κ3) is 7.57. The lowest BCUT2D eigenvalue weighted by molar-refractivity contribution is -0.427. The van der Waals surface area contributed by atoms with Crippen LogP contribution in [0.4, 0.5) is 0 Å². The van der Waals surface area contributed by atoms with E-state index in [9.17, 15) is 9.59 Å². The molecule has 8 nitrogen and oxygen atoms in total. The molecule has 2 rings (SSSR count). The van der Waals surface area contributed by atoms with Crippen LogP contribution in [0.25, 0.3) is 0 Å². The van der Waals surface area contributed by atoms with Crippen LogP contribution in [0.1, 0.15) is 38.8 Å². The van der Waals surface area contributed by atoms with Crippen molar-refractivity contribution in [1.82, 2.24) is 0 Å². The van der Waals surface area contributed by atoms with E-state index in [2.05, 4.69) is 0 Å². The highest BCUT2D eigenvalue weighted by Crippen LogP contribution is 2.12. The second-order valence-electron chi connectivity index (χ2n) is 6.27. The molecule has 0 bridgehead atoms. The zero-order valence-corrected chi connectivity index (χ0v) is 17.3. The monoisotopic (exact) mass is 418 g/mol. The summed E-state index contributed by atoms with van der Waals surface area (Å²) in [4.78, 5) is 44.2. The lowest BCUT2D eigenvalue weighted by Gasteiger charge is -2.16. The Bertz CT molecular complexity index is 759. The molecule has 2 aromatic rings. The average molecular weight is 418 g/mol. The van der Waals surface area contributed by atoms with E-state index in [1.807, 2.05) is 6.92 Å². The van der Waals surface area contributed by atoms with Gasteiger partial charge in [-0.05, 0) is 44.0 Å². The SMILES string of the molecule is CCOCCOCC(OOC(=O)c1ccccc1C)OOC(=O)c1ccccc1C. The van der Waals surface area contributed by atoms with E-state index in [0.717, 1.165) is 11.1 Å². The van der Waals surface area contributed by atoms with E-state index in [1.165, 1.54) is 0 Å². The normalized spacial score (nSPS) is 10.8. The summed E-state index contributed by atoms with van der Waals surface area (Å²) in [5.41, 5.74) is 2.13. The van der Waals surface area contributed by atoms with Gasteiger partial charge in [0.05, 0.1) is 24.3 Å². The highest BCUT2D eigenvalue weighted by molar-refractivity contribution is 5.91. The molecule has 0 amide bonds. The molecule has 0 spiro atoms. The molecule has 0 aromatic heterocycles. The summed E-state index contributed by atoms with van der Waals surface area (Å²) < 4.78 is 10.5. The van der Waals surface area contributed by atoms with E-state index >= 15 is 0 Å². The fourth-order valence-corrected chi connectivity index (χ4v) is 2.40. The van der Waals surface area contributed by atoms with Crippen LogP contribution in [-0.2, 0) is 29.0 Å². The van der Waals surface area contributed by atoms with Crippen molar-refractivity contribution in [3.8, 4) is 0 Å². The summed E-state index contributed by atoms with van der Waals surface area (Å²) in [5, 5.41) is 0. The highest BCUT2D eigenvalue weighted by Gasteiger charge is 2.21. The third-order valence-corrected chi connectivity index (χ3v) is 4.02. The maximum Gasteiger partial charge on any atom is 0.373 e. The Morgan fingerprint density at radius 3 is 1.70 bits per heavy atom. The molecule has 0 saturated heterocycles. The Labute approximate surface area is 175 Å². The standard InChI is InChI=1S/C22H26O8/c1-4-25-13-14-26-15-20(27-29-21(23)18-11-7-5-9-16(18)2)28-30-22(24)19-12-8-6-10-17(19)3/h5-12,20H,4,13-15H2,1-3H3. The highest BCUT2D eigenvalue weighted by atomic mass is 17.3. The van der Waals surface area contributed by atoms with Crippen molar-refractivity contribution in [2.75, 3.05) is 26.4 Å². The van der Waals surface area contributed by atoms with Gasteiger partial charge in [0.25, 0.3) is 6.29 Å². The number of ether oxygens (including phenoxy) is 2. The van der Waals surface area contributed by atoms with E-state index in [0.29, 0.717) is 24.3 Å². The summed E-state index contributed by atoms with van der Waals surface area (Å²) in [6.45, 7) is 6.43. The van der Waals surface area contributed by atoms with E-state index < -0.39 is 18.2 Å². The van der Waals surface area contributed by atoms with Crippen molar-refractivity contribution < 1.29 is 38.6 Å². The molecule has 0 unspecified atom stereocenters. The number of benzene rings is 2. The van der Waals surface area contributed by atoms with Crippen LogP contribution >= 0.6 is 0 Å². The topological polar surface area (TPSA) is 89.5 Å². The molecular formula is C22H26O8. The molecule has 0 aliphatic heterocycles. The second kappa shape index (κ2) is 12.7. The molecule has 0 atom stereocenters. The van der Waals surface area contributed by atoms with Gasteiger partial charge in [-0.3, -0.25) is 9.78 Å². The number of hydrogen-bond donors (Lipinski definition) is 0. The Morgan fingerprint density at radius 2 is 1.23 bits per heavy atom. The Morgan fingerprint density at radius 1 is 0.767 bits per heavy atom. The van der Waals surface area contributed by atoms with Crippen molar-refractivity contribution in [2.24, 2.45) is 0 Å². The molecular weight excluding hydrogens is 392 g/mol. The minimum absolute atomic E-state index is 0.158. The summed E-state index contributed by atoms with van der Waals surface area (Å²) in [7, 11) is 0. The predicted octanol–water partition coefficient (Wildman–Crippen LogP) is 3.56. The van der Waals surface area contributed by atoms with Gasteiger partial charge in [0.1, 0.15) is 6.61 Å². The van der Waals surface area contributed by atoms with Gasteiger partial charge in [0.2, 0.25) is 0 Å². The first kappa shape index (κ1) is 23.5. The number of carbonyl (C=O) groups excluding carboxylic acids is 2. The van der Waals surface area contributed by atoms with E-state index in [1.54, 1.807) is 62.4 Å². The van der Waals surface area contributed by atoms with E-state index in [4.69, 9.17) is 29.0 Å². The van der Waals surface area contributed by atoms with Crippen molar-refractivity contribution in [2.45, 2.75) is 27.1 Å². The molecule has 0 saturated carbocycles. The minimum atomic E-state index is -1.28. The second-order valence-corrected chi connectivity index (χ2v) is 6.27. The van der Waals surface area contributed by atoms with Gasteiger partial charge in [0.15, 0.2) is 0 Å². The van der Waals surface area contributed by atoms with Crippen LogP contribution in [0.5, 0.6) is 0 Å². The molecule has 8 heteroatoms. The number of carbonyl (C=O) groups is 2.